The Balaban J connectivity index is 1.23. The molecule has 0 aliphatic carbocycles. The lowest BCUT2D eigenvalue weighted by Gasteiger charge is -2.35. The third-order valence-corrected chi connectivity index (χ3v) is 6.74. The van der Waals surface area contributed by atoms with Gasteiger partial charge in [0.15, 0.2) is 5.65 Å². The van der Waals surface area contributed by atoms with Crippen LogP contribution in [0.15, 0.2) is 60.8 Å². The van der Waals surface area contributed by atoms with Crippen molar-refractivity contribution < 1.29 is 4.79 Å². The predicted octanol–water partition coefficient (Wildman–Crippen LogP) is 4.87. The molecule has 1 aliphatic rings. The van der Waals surface area contributed by atoms with Crippen LogP contribution in [0.5, 0.6) is 0 Å². The van der Waals surface area contributed by atoms with Crippen molar-refractivity contribution in [2.24, 2.45) is 0 Å². The first-order valence-electron chi connectivity index (χ1n) is 12.2. The van der Waals surface area contributed by atoms with Crippen LogP contribution in [0, 0.1) is 20.8 Å². The number of imidazole rings is 1. The molecule has 1 N–H and O–H groups in total. The van der Waals surface area contributed by atoms with E-state index in [1.807, 2.05) is 42.3 Å². The number of pyridine rings is 1. The van der Waals surface area contributed by atoms with Crippen LogP contribution in [0.25, 0.3) is 22.6 Å². The average molecular weight is 469 g/mol. The van der Waals surface area contributed by atoms with Crippen LogP contribution >= 0.6 is 0 Å². The number of carbonyl (C=O) groups excluding carboxylic acids is 1. The molecule has 180 valence electrons. The smallest absolute Gasteiger partial charge is 0.321 e. The molecule has 35 heavy (non-hydrogen) atoms. The number of nitrogens with one attached hydrogen (secondary N) is 1. The SMILES string of the molecule is Cc1ccc(-c2nc3cccnc3n2CCN2CCN(C(=O)Nc3ccc(C)cc3C)CC2)cc1. The van der Waals surface area contributed by atoms with E-state index in [-0.39, 0.29) is 6.03 Å². The molecule has 0 radical (unpaired) electrons. The van der Waals surface area contributed by atoms with Gasteiger partial charge in [-0.25, -0.2) is 14.8 Å². The summed E-state index contributed by atoms with van der Waals surface area (Å²) in [6.07, 6.45) is 1.83. The van der Waals surface area contributed by atoms with E-state index in [0.717, 1.165) is 60.0 Å². The second-order valence-corrected chi connectivity index (χ2v) is 9.38. The van der Waals surface area contributed by atoms with Gasteiger partial charge >= 0.3 is 6.03 Å². The molecule has 0 spiro atoms. The number of hydrogen-bond donors (Lipinski definition) is 1. The fourth-order valence-corrected chi connectivity index (χ4v) is 4.66. The fraction of sp³-hybridized carbons (Fsp3) is 0.321. The van der Waals surface area contributed by atoms with Crippen molar-refractivity contribution >= 4 is 22.9 Å². The summed E-state index contributed by atoms with van der Waals surface area (Å²) in [5, 5.41) is 3.07. The standard InChI is InChI=1S/C28H32N6O/c1-20-6-9-23(10-7-20)26-30-25-5-4-12-29-27(25)34(26)18-15-32-13-16-33(17-14-32)28(35)31-24-11-8-21(2)19-22(24)3/h4-12,19H,13-18H2,1-3H3,(H,31,35). The predicted molar refractivity (Wildman–Crippen MR) is 141 cm³/mol. The summed E-state index contributed by atoms with van der Waals surface area (Å²) in [7, 11) is 0. The maximum absolute atomic E-state index is 12.8. The van der Waals surface area contributed by atoms with Gasteiger partial charge in [-0.05, 0) is 44.5 Å². The number of benzene rings is 2. The first-order chi connectivity index (χ1) is 17.0. The minimum Gasteiger partial charge on any atom is -0.322 e. The van der Waals surface area contributed by atoms with E-state index in [2.05, 4.69) is 63.9 Å². The third-order valence-electron chi connectivity index (χ3n) is 6.74. The van der Waals surface area contributed by atoms with Gasteiger partial charge in [-0.3, -0.25) is 4.90 Å². The minimum absolute atomic E-state index is 0.0249. The normalized spacial score (nSPS) is 14.4. The number of nitrogens with zero attached hydrogens (tertiary/aromatic N) is 5. The van der Waals surface area contributed by atoms with Gasteiger partial charge in [0.1, 0.15) is 11.3 Å². The van der Waals surface area contributed by atoms with E-state index in [9.17, 15) is 4.79 Å². The third kappa shape index (κ3) is 5.05. The van der Waals surface area contributed by atoms with Crippen molar-refractivity contribution in [3.8, 4) is 11.4 Å². The van der Waals surface area contributed by atoms with Crippen LogP contribution in [-0.4, -0.2) is 63.1 Å². The van der Waals surface area contributed by atoms with E-state index in [1.54, 1.807) is 0 Å². The molecule has 2 aromatic heterocycles. The zero-order chi connectivity index (χ0) is 24.4. The van der Waals surface area contributed by atoms with Crippen LogP contribution in [0.2, 0.25) is 0 Å². The van der Waals surface area contributed by atoms with Crippen molar-refractivity contribution in [1.82, 2.24) is 24.3 Å². The number of anilines is 1. The molecule has 5 rings (SSSR count). The number of aromatic nitrogens is 3. The Morgan fingerprint density at radius 2 is 1.66 bits per heavy atom. The Morgan fingerprint density at radius 1 is 0.914 bits per heavy atom. The number of fused-ring (bicyclic) bond motifs is 1. The van der Waals surface area contributed by atoms with Crippen LogP contribution in [0.1, 0.15) is 16.7 Å². The highest BCUT2D eigenvalue weighted by atomic mass is 16.2. The number of urea groups is 1. The van der Waals surface area contributed by atoms with Crippen molar-refractivity contribution in [2.75, 3.05) is 38.0 Å². The maximum atomic E-state index is 12.8. The first-order valence-corrected chi connectivity index (χ1v) is 12.2. The van der Waals surface area contributed by atoms with Gasteiger partial charge in [0.2, 0.25) is 0 Å². The van der Waals surface area contributed by atoms with Crippen molar-refractivity contribution in [3.63, 3.8) is 0 Å². The van der Waals surface area contributed by atoms with E-state index in [1.165, 1.54) is 11.1 Å². The quantitative estimate of drug-likeness (QED) is 0.454. The highest BCUT2D eigenvalue weighted by Gasteiger charge is 2.22. The Hall–Kier alpha value is -3.71. The summed E-state index contributed by atoms with van der Waals surface area (Å²) in [4.78, 5) is 26.6. The fourth-order valence-electron chi connectivity index (χ4n) is 4.66. The summed E-state index contributed by atoms with van der Waals surface area (Å²) in [6.45, 7) is 11.0. The number of aryl methyl sites for hydroxylation is 3. The molecule has 4 aromatic rings. The summed E-state index contributed by atoms with van der Waals surface area (Å²) in [6, 6.07) is 18.5. The van der Waals surface area contributed by atoms with Gasteiger partial charge in [-0.15, -0.1) is 0 Å². The number of carbonyl (C=O) groups is 1. The van der Waals surface area contributed by atoms with Crippen molar-refractivity contribution in [2.45, 2.75) is 27.3 Å². The minimum atomic E-state index is -0.0249. The molecule has 1 saturated heterocycles. The van der Waals surface area contributed by atoms with Crippen LogP contribution in [0.3, 0.4) is 0 Å². The van der Waals surface area contributed by atoms with E-state index in [0.29, 0.717) is 13.1 Å². The Morgan fingerprint density at radius 3 is 2.40 bits per heavy atom. The zero-order valence-electron chi connectivity index (χ0n) is 20.7. The van der Waals surface area contributed by atoms with E-state index < -0.39 is 0 Å². The van der Waals surface area contributed by atoms with Crippen LogP contribution < -0.4 is 5.32 Å². The molecule has 0 saturated carbocycles. The molecule has 0 unspecified atom stereocenters. The molecule has 7 heteroatoms. The Bertz CT molecular complexity index is 1340. The van der Waals surface area contributed by atoms with Crippen LogP contribution in [-0.2, 0) is 6.54 Å². The van der Waals surface area contributed by atoms with Gasteiger partial charge in [-0.1, -0.05) is 47.5 Å². The van der Waals surface area contributed by atoms with Gasteiger partial charge in [0.25, 0.3) is 0 Å². The van der Waals surface area contributed by atoms with Crippen molar-refractivity contribution in [1.29, 1.82) is 0 Å². The lowest BCUT2D eigenvalue weighted by molar-refractivity contribution is 0.145. The Kier molecular flexibility index (Phi) is 6.51. The van der Waals surface area contributed by atoms with Gasteiger partial charge in [0, 0.05) is 56.7 Å². The van der Waals surface area contributed by atoms with Gasteiger partial charge < -0.3 is 14.8 Å². The summed E-state index contributed by atoms with van der Waals surface area (Å²) >= 11 is 0. The topological polar surface area (TPSA) is 66.3 Å². The second kappa shape index (κ2) is 9.88. The largest absolute Gasteiger partial charge is 0.322 e. The van der Waals surface area contributed by atoms with Crippen LogP contribution in [0.4, 0.5) is 10.5 Å². The number of rotatable bonds is 5. The monoisotopic (exact) mass is 468 g/mol. The van der Waals surface area contributed by atoms with E-state index >= 15 is 0 Å². The lowest BCUT2D eigenvalue weighted by Crippen LogP contribution is -2.50. The molecule has 0 bridgehead atoms. The molecule has 2 amide bonds. The number of amides is 2. The summed E-state index contributed by atoms with van der Waals surface area (Å²) in [5.41, 5.74) is 7.31. The van der Waals surface area contributed by atoms with E-state index in [4.69, 9.17) is 4.98 Å². The van der Waals surface area contributed by atoms with Crippen molar-refractivity contribution in [3.05, 3.63) is 77.5 Å². The molecular formula is C28H32N6O. The molecule has 0 atom stereocenters. The molecule has 3 heterocycles. The molecule has 7 nitrogen and oxygen atoms in total. The maximum Gasteiger partial charge on any atom is 0.321 e. The second-order valence-electron chi connectivity index (χ2n) is 9.38. The average Bonchev–Trinajstić information content (AvgIpc) is 3.23. The number of piperazine rings is 1. The highest BCUT2D eigenvalue weighted by molar-refractivity contribution is 5.90. The molecule has 1 fully saturated rings. The molecular weight excluding hydrogens is 436 g/mol. The lowest BCUT2D eigenvalue weighted by atomic mass is 10.1. The van der Waals surface area contributed by atoms with Gasteiger partial charge in [0.05, 0.1) is 0 Å². The summed E-state index contributed by atoms with van der Waals surface area (Å²) in [5.74, 6) is 0.949. The summed E-state index contributed by atoms with van der Waals surface area (Å²) < 4.78 is 2.22. The Labute approximate surface area is 206 Å². The van der Waals surface area contributed by atoms with Gasteiger partial charge in [-0.2, -0.15) is 0 Å². The first kappa shape index (κ1) is 23.1. The zero-order valence-corrected chi connectivity index (χ0v) is 20.7. The number of hydrogen-bond acceptors (Lipinski definition) is 4. The highest BCUT2D eigenvalue weighted by Crippen LogP contribution is 2.24. The molecule has 1 aliphatic heterocycles. The molecule has 2 aromatic carbocycles.